The number of amides is 2. The Morgan fingerprint density at radius 3 is 2.00 bits per heavy atom. The molecule has 2 aromatic heterocycles. The van der Waals surface area contributed by atoms with Gasteiger partial charge in [0.1, 0.15) is 5.82 Å². The fourth-order valence-electron chi connectivity index (χ4n) is 9.88. The molecule has 63 heavy (non-hydrogen) atoms. The number of hydrogen-bond donors (Lipinski definition) is 0. The van der Waals surface area contributed by atoms with E-state index in [-0.39, 0.29) is 48.5 Å². The van der Waals surface area contributed by atoms with Crippen LogP contribution in [0.1, 0.15) is 135 Å². The number of imidazole rings is 2. The molecule has 1 aliphatic heterocycles. The zero-order valence-electron chi connectivity index (χ0n) is 37.4. The molecule has 0 N–H and O–H groups in total. The zero-order valence-corrected chi connectivity index (χ0v) is 37.4. The maximum absolute atomic E-state index is 13.6. The number of aromatic nitrogens is 4. The van der Waals surface area contributed by atoms with Gasteiger partial charge in [0.2, 0.25) is 11.8 Å². The van der Waals surface area contributed by atoms with Gasteiger partial charge in [0.15, 0.2) is 0 Å². The highest BCUT2D eigenvalue weighted by Crippen LogP contribution is 2.65. The SMILES string of the molecule is C.CCCCN(C(=O)C1CC1c1ccc(-n2cnc(C)c2)c(C)c1)C(C)c1ccccc1.Cc1cn(-c2ccc(C3CC34CCCN(C(C)c3ccc(F)cc3)C4=O)cc2C)cn1. The van der Waals surface area contributed by atoms with Crippen molar-refractivity contribution in [1.29, 1.82) is 0 Å². The van der Waals surface area contributed by atoms with Gasteiger partial charge < -0.3 is 18.9 Å². The molecule has 9 rings (SSSR count). The van der Waals surface area contributed by atoms with Gasteiger partial charge in [-0.2, -0.15) is 0 Å². The number of carbonyl (C=O) groups is 2. The van der Waals surface area contributed by atoms with Crippen molar-refractivity contribution in [2.75, 3.05) is 13.1 Å². The van der Waals surface area contributed by atoms with E-state index in [1.54, 1.807) is 12.1 Å². The van der Waals surface area contributed by atoms with Crippen LogP contribution in [0.5, 0.6) is 0 Å². The number of carbonyl (C=O) groups excluding carboxylic acids is 2. The molecule has 0 bridgehead atoms. The molecule has 3 heterocycles. The molecule has 6 unspecified atom stereocenters. The van der Waals surface area contributed by atoms with E-state index in [0.717, 1.165) is 79.9 Å². The summed E-state index contributed by atoms with van der Waals surface area (Å²) in [4.78, 5) is 39.9. The third kappa shape index (κ3) is 9.44. The summed E-state index contributed by atoms with van der Waals surface area (Å²) in [7, 11) is 0. The van der Waals surface area contributed by atoms with Crippen molar-refractivity contribution in [3.8, 4) is 11.4 Å². The van der Waals surface area contributed by atoms with Gasteiger partial charge in [-0.15, -0.1) is 0 Å². The Kier molecular flexibility index (Phi) is 13.5. The molecule has 1 saturated heterocycles. The van der Waals surface area contributed by atoms with Crippen LogP contribution >= 0.6 is 0 Å². The average molecular weight is 849 g/mol. The molecule has 2 saturated carbocycles. The molecule has 2 amide bonds. The van der Waals surface area contributed by atoms with Crippen LogP contribution in [0.3, 0.4) is 0 Å². The first kappa shape index (κ1) is 45.2. The van der Waals surface area contributed by atoms with Gasteiger partial charge in [0.25, 0.3) is 0 Å². The van der Waals surface area contributed by atoms with Crippen molar-refractivity contribution in [2.45, 2.75) is 118 Å². The average Bonchev–Trinajstić information content (AvgIpc) is 4.13. The van der Waals surface area contributed by atoms with Gasteiger partial charge >= 0.3 is 0 Å². The topological polar surface area (TPSA) is 76.3 Å². The van der Waals surface area contributed by atoms with Gasteiger partial charge in [0, 0.05) is 42.8 Å². The molecule has 8 nitrogen and oxygen atoms in total. The van der Waals surface area contributed by atoms with Crippen molar-refractivity contribution < 1.29 is 14.0 Å². The van der Waals surface area contributed by atoms with E-state index in [4.69, 9.17) is 0 Å². The molecule has 0 radical (unpaired) electrons. The summed E-state index contributed by atoms with van der Waals surface area (Å²) in [5.74, 6) is 1.03. The molecular weight excluding hydrogens is 784 g/mol. The van der Waals surface area contributed by atoms with Crippen LogP contribution in [-0.4, -0.2) is 53.8 Å². The first-order chi connectivity index (χ1) is 29.9. The summed E-state index contributed by atoms with van der Waals surface area (Å²) in [5, 5.41) is 0. The number of piperidine rings is 1. The third-order valence-corrected chi connectivity index (χ3v) is 13.7. The first-order valence-electron chi connectivity index (χ1n) is 22.5. The Balaban J connectivity index is 0.000000186. The van der Waals surface area contributed by atoms with Crippen LogP contribution in [0.2, 0.25) is 0 Å². The van der Waals surface area contributed by atoms with Gasteiger partial charge in [-0.1, -0.05) is 87.5 Å². The molecule has 6 atom stereocenters. The zero-order chi connectivity index (χ0) is 43.7. The van der Waals surface area contributed by atoms with Crippen molar-refractivity contribution in [2.24, 2.45) is 11.3 Å². The first-order valence-corrected chi connectivity index (χ1v) is 22.5. The predicted molar refractivity (Wildman–Crippen MR) is 251 cm³/mol. The Labute approximate surface area is 374 Å². The number of benzene rings is 4. The number of rotatable bonds is 12. The molecule has 4 aromatic carbocycles. The van der Waals surface area contributed by atoms with E-state index in [9.17, 15) is 14.0 Å². The van der Waals surface area contributed by atoms with E-state index >= 15 is 0 Å². The highest BCUT2D eigenvalue weighted by atomic mass is 19.1. The lowest BCUT2D eigenvalue weighted by molar-refractivity contribution is -0.143. The highest BCUT2D eigenvalue weighted by molar-refractivity contribution is 5.88. The molecule has 1 spiro atoms. The van der Waals surface area contributed by atoms with E-state index in [1.165, 1.54) is 39.9 Å². The summed E-state index contributed by atoms with van der Waals surface area (Å²) >= 11 is 0. The minimum absolute atomic E-state index is 0. The summed E-state index contributed by atoms with van der Waals surface area (Å²) in [6, 6.07) is 30.1. The van der Waals surface area contributed by atoms with Crippen molar-refractivity contribution >= 4 is 11.8 Å². The Morgan fingerprint density at radius 2 is 1.43 bits per heavy atom. The molecule has 330 valence electrons. The number of halogens is 1. The Morgan fingerprint density at radius 1 is 0.825 bits per heavy atom. The highest BCUT2D eigenvalue weighted by Gasteiger charge is 2.62. The third-order valence-electron chi connectivity index (χ3n) is 13.7. The minimum atomic E-state index is -0.272. The number of unbranched alkanes of at least 4 members (excludes halogenated alkanes) is 1. The normalized spacial score (nSPS) is 20.9. The maximum Gasteiger partial charge on any atom is 0.229 e. The summed E-state index contributed by atoms with van der Waals surface area (Å²) in [6.07, 6.45) is 13.7. The van der Waals surface area contributed by atoms with Crippen LogP contribution in [0.4, 0.5) is 4.39 Å². The molecule has 9 heteroatoms. The maximum atomic E-state index is 13.6. The monoisotopic (exact) mass is 849 g/mol. The molecule has 2 aliphatic carbocycles. The van der Waals surface area contributed by atoms with E-state index < -0.39 is 0 Å². The molecule has 3 aliphatic rings. The summed E-state index contributed by atoms with van der Waals surface area (Å²) < 4.78 is 17.4. The van der Waals surface area contributed by atoms with Gasteiger partial charge in [-0.3, -0.25) is 9.59 Å². The fourth-order valence-corrected chi connectivity index (χ4v) is 9.88. The summed E-state index contributed by atoms with van der Waals surface area (Å²) in [5.41, 5.74) is 11.1. The molecule has 6 aromatic rings. The fraction of sp³-hybridized carbons (Fsp3) is 0.407. The lowest BCUT2D eigenvalue weighted by atomic mass is 9.87. The van der Waals surface area contributed by atoms with Crippen molar-refractivity contribution in [3.05, 3.63) is 167 Å². The van der Waals surface area contributed by atoms with Gasteiger partial charge in [-0.05, 0) is 143 Å². The number of likely N-dealkylation sites (tertiary alicyclic amines) is 1. The summed E-state index contributed by atoms with van der Waals surface area (Å²) in [6.45, 7) is 16.2. The van der Waals surface area contributed by atoms with Gasteiger partial charge in [-0.25, -0.2) is 14.4 Å². The van der Waals surface area contributed by atoms with Crippen LogP contribution in [0, 0.1) is 44.8 Å². The Hall–Kier alpha value is -5.83. The number of hydrogen-bond acceptors (Lipinski definition) is 4. The van der Waals surface area contributed by atoms with Crippen LogP contribution in [0.25, 0.3) is 11.4 Å². The molecule has 3 fully saturated rings. The predicted octanol–water partition coefficient (Wildman–Crippen LogP) is 12.1. The smallest absolute Gasteiger partial charge is 0.229 e. The number of nitrogens with zero attached hydrogens (tertiary/aromatic N) is 6. The van der Waals surface area contributed by atoms with Crippen LogP contribution in [-0.2, 0) is 9.59 Å². The second kappa shape index (κ2) is 18.9. The van der Waals surface area contributed by atoms with Crippen molar-refractivity contribution in [1.82, 2.24) is 28.9 Å². The second-order valence-electron chi connectivity index (χ2n) is 18.1. The lowest BCUT2D eigenvalue weighted by Gasteiger charge is -2.38. The van der Waals surface area contributed by atoms with E-state index in [0.29, 0.717) is 11.8 Å². The quantitative estimate of drug-likeness (QED) is 0.123. The minimum Gasteiger partial charge on any atom is -0.336 e. The number of aryl methyl sites for hydroxylation is 4. The Bertz CT molecular complexity index is 2530. The van der Waals surface area contributed by atoms with E-state index in [2.05, 4.69) is 112 Å². The van der Waals surface area contributed by atoms with Crippen LogP contribution < -0.4 is 0 Å². The second-order valence-corrected chi connectivity index (χ2v) is 18.1. The molecular formula is C54H65FN6O2. The van der Waals surface area contributed by atoms with Crippen LogP contribution in [0.15, 0.2) is 116 Å². The van der Waals surface area contributed by atoms with Crippen molar-refractivity contribution in [3.63, 3.8) is 0 Å². The lowest BCUT2D eigenvalue weighted by Crippen LogP contribution is -2.44. The van der Waals surface area contributed by atoms with E-state index in [1.807, 2.05) is 56.8 Å². The largest absolute Gasteiger partial charge is 0.336 e. The van der Waals surface area contributed by atoms with Gasteiger partial charge in [0.05, 0.1) is 41.5 Å². The standard InChI is InChI=1S/C27H33N3O.C26H28FN3O.CH4/c1-5-6-14-30(21(4)22-10-8-7-9-11-22)27(31)25-16-24(25)23-12-13-26(19(2)15-23)29-17-20(3)28-18-29;1-17-13-21(7-10-24(17)29-15-18(2)28-16-29)23-14-26(23)11-4-12-30(25(26)31)19(3)20-5-8-22(27)9-6-20;/h7-13,15,17-18,21,24-25H,5-6,14,16H2,1-4H3;5-10,13,15-16,19,23H,4,11-12,14H2,1-3H3;1H4.